The summed E-state index contributed by atoms with van der Waals surface area (Å²) in [6.07, 6.45) is -5.36. The Bertz CT molecular complexity index is 630. The molecule has 0 unspecified atom stereocenters. The van der Waals surface area contributed by atoms with Crippen LogP contribution < -0.4 is 0 Å². The van der Waals surface area contributed by atoms with Gasteiger partial charge in [0.05, 0.1) is 16.0 Å². The van der Waals surface area contributed by atoms with Crippen molar-refractivity contribution in [1.29, 1.82) is 0 Å². The van der Waals surface area contributed by atoms with E-state index in [-0.39, 0.29) is 23.5 Å². The first-order valence-electron chi connectivity index (χ1n) is 8.46. The quantitative estimate of drug-likeness (QED) is 0.378. The van der Waals surface area contributed by atoms with Gasteiger partial charge in [-0.25, -0.2) is 0 Å². The van der Waals surface area contributed by atoms with Crippen molar-refractivity contribution in [2.24, 2.45) is 23.7 Å². The Morgan fingerprint density at radius 2 is 1.12 bits per heavy atom. The second-order valence-corrected chi connectivity index (χ2v) is 8.49. The van der Waals surface area contributed by atoms with E-state index in [2.05, 4.69) is 0 Å². The van der Waals surface area contributed by atoms with Crippen LogP contribution in [-0.2, 0) is 17.2 Å². The number of halogens is 7. The van der Waals surface area contributed by atoms with Crippen molar-refractivity contribution in [3.05, 3.63) is 34.9 Å². The van der Waals surface area contributed by atoms with Gasteiger partial charge in [-0.1, -0.05) is 0 Å². The van der Waals surface area contributed by atoms with Gasteiger partial charge in [-0.3, -0.25) is 0 Å². The van der Waals surface area contributed by atoms with Gasteiger partial charge in [0.15, 0.2) is 0 Å². The summed E-state index contributed by atoms with van der Waals surface area (Å²) in [7, 11) is 0. The molecule has 4 bridgehead atoms. The van der Waals surface area contributed by atoms with Crippen molar-refractivity contribution in [2.45, 2.75) is 49.3 Å². The molecule has 0 amide bonds. The second kappa shape index (κ2) is 5.30. The Balaban J connectivity index is 1.84. The number of alkyl halides is 7. The lowest BCUT2D eigenvalue weighted by atomic mass is 9.50. The van der Waals surface area contributed by atoms with E-state index in [1.165, 1.54) is 0 Å². The lowest BCUT2D eigenvalue weighted by molar-refractivity contribution is -0.143. The molecular formula is C18H17ClF6. The molecule has 0 atom stereocenters. The Kier molecular flexibility index (Phi) is 3.71. The van der Waals surface area contributed by atoms with Crippen molar-refractivity contribution in [3.8, 4) is 0 Å². The molecule has 138 valence electrons. The summed E-state index contributed by atoms with van der Waals surface area (Å²) in [5, 5.41) is 0. The fraction of sp³-hybridized carbons (Fsp3) is 0.667. The number of rotatable bonds is 1. The third-order valence-electron chi connectivity index (χ3n) is 6.36. The van der Waals surface area contributed by atoms with Crippen LogP contribution in [0.25, 0.3) is 0 Å². The van der Waals surface area contributed by atoms with Crippen molar-refractivity contribution in [3.63, 3.8) is 0 Å². The SMILES string of the molecule is FC(F)(F)c1cc(C(F)(F)F)cc(C2(Cl)C3CC4CC(C3)CC2C4)c1. The highest BCUT2D eigenvalue weighted by atomic mass is 35.5. The van der Waals surface area contributed by atoms with Gasteiger partial charge in [-0.05, 0) is 79.5 Å². The van der Waals surface area contributed by atoms with E-state index in [0.717, 1.165) is 44.2 Å². The van der Waals surface area contributed by atoms with E-state index < -0.39 is 28.4 Å². The predicted molar refractivity (Wildman–Crippen MR) is 81.0 cm³/mol. The van der Waals surface area contributed by atoms with E-state index in [0.29, 0.717) is 11.8 Å². The largest absolute Gasteiger partial charge is 0.416 e. The smallest absolute Gasteiger partial charge is 0.166 e. The standard InChI is InChI=1S/C18H17ClF6/c19-16(11-2-9-1-10(4-11)5-12(16)3-9)13-6-14(17(20,21)22)8-15(7-13)18(23,24)25/h6-12H,1-5H2. The molecule has 5 rings (SSSR count). The maximum absolute atomic E-state index is 13.2. The Morgan fingerprint density at radius 3 is 1.48 bits per heavy atom. The fourth-order valence-corrected chi connectivity index (χ4v) is 5.98. The van der Waals surface area contributed by atoms with Gasteiger partial charge in [-0.15, -0.1) is 11.6 Å². The molecule has 4 fully saturated rings. The number of benzene rings is 1. The van der Waals surface area contributed by atoms with Crippen LogP contribution in [0.2, 0.25) is 0 Å². The molecule has 1 aromatic rings. The molecule has 0 aromatic heterocycles. The minimum absolute atomic E-state index is 0.00915. The first-order chi connectivity index (χ1) is 11.5. The molecule has 7 heteroatoms. The van der Waals surface area contributed by atoms with Crippen LogP contribution in [0.3, 0.4) is 0 Å². The van der Waals surface area contributed by atoms with Gasteiger partial charge in [0.1, 0.15) is 0 Å². The van der Waals surface area contributed by atoms with E-state index in [1.54, 1.807) is 0 Å². The van der Waals surface area contributed by atoms with Gasteiger partial charge in [0, 0.05) is 0 Å². The van der Waals surface area contributed by atoms with Gasteiger partial charge in [-0.2, -0.15) is 26.3 Å². The summed E-state index contributed by atoms with van der Waals surface area (Å²) in [4.78, 5) is -1.12. The number of hydrogen-bond acceptors (Lipinski definition) is 0. The van der Waals surface area contributed by atoms with Gasteiger partial charge >= 0.3 is 12.4 Å². The molecule has 4 aliphatic carbocycles. The summed E-state index contributed by atoms with van der Waals surface area (Å²) in [6.45, 7) is 0. The Labute approximate surface area is 146 Å². The highest BCUT2D eigenvalue weighted by molar-refractivity contribution is 6.24. The lowest BCUT2D eigenvalue weighted by Crippen LogP contribution is -2.52. The molecule has 0 aliphatic heterocycles. The highest BCUT2D eigenvalue weighted by Gasteiger charge is 2.57. The van der Waals surface area contributed by atoms with Crippen LogP contribution in [0.5, 0.6) is 0 Å². The molecule has 0 nitrogen and oxygen atoms in total. The van der Waals surface area contributed by atoms with Crippen LogP contribution in [-0.4, -0.2) is 0 Å². The molecule has 25 heavy (non-hydrogen) atoms. The molecule has 1 aromatic carbocycles. The van der Waals surface area contributed by atoms with Crippen molar-refractivity contribution in [1.82, 2.24) is 0 Å². The first-order valence-corrected chi connectivity index (χ1v) is 8.84. The van der Waals surface area contributed by atoms with Crippen LogP contribution in [0.4, 0.5) is 26.3 Å². The summed E-state index contributed by atoms with van der Waals surface area (Å²) in [6, 6.07) is 1.86. The number of hydrogen-bond donors (Lipinski definition) is 0. The third kappa shape index (κ3) is 2.75. The zero-order valence-electron chi connectivity index (χ0n) is 13.2. The zero-order valence-corrected chi connectivity index (χ0v) is 14.0. The topological polar surface area (TPSA) is 0 Å². The van der Waals surface area contributed by atoms with Crippen LogP contribution in [0.1, 0.15) is 48.8 Å². The first kappa shape index (κ1) is 17.5. The van der Waals surface area contributed by atoms with Crippen LogP contribution >= 0.6 is 11.6 Å². The minimum Gasteiger partial charge on any atom is -0.166 e. The zero-order chi connectivity index (χ0) is 18.2. The molecule has 4 aliphatic rings. The molecule has 0 heterocycles. The van der Waals surface area contributed by atoms with Crippen LogP contribution in [0, 0.1) is 23.7 Å². The maximum atomic E-state index is 13.2. The van der Waals surface area contributed by atoms with E-state index in [9.17, 15) is 26.3 Å². The molecule has 0 spiro atoms. The third-order valence-corrected chi connectivity index (χ3v) is 7.19. The molecule has 4 saturated carbocycles. The summed E-state index contributed by atoms with van der Waals surface area (Å²) in [5.41, 5.74) is -2.55. The van der Waals surface area contributed by atoms with Crippen molar-refractivity contribution < 1.29 is 26.3 Å². The maximum Gasteiger partial charge on any atom is 0.416 e. The molecular weight excluding hydrogens is 366 g/mol. The monoisotopic (exact) mass is 382 g/mol. The summed E-state index contributed by atoms with van der Waals surface area (Å²) >= 11 is 6.86. The summed E-state index contributed by atoms with van der Waals surface area (Å²) < 4.78 is 79.1. The second-order valence-electron chi connectivity index (χ2n) is 7.87. The fourth-order valence-electron chi connectivity index (χ4n) is 5.52. The van der Waals surface area contributed by atoms with Crippen molar-refractivity contribution in [2.75, 3.05) is 0 Å². The lowest BCUT2D eigenvalue weighted by Gasteiger charge is -2.59. The van der Waals surface area contributed by atoms with E-state index in [4.69, 9.17) is 11.6 Å². The van der Waals surface area contributed by atoms with E-state index in [1.807, 2.05) is 0 Å². The normalized spacial score (nSPS) is 37.6. The molecule has 0 N–H and O–H groups in total. The Hall–Kier alpha value is -0.910. The van der Waals surface area contributed by atoms with Crippen molar-refractivity contribution >= 4 is 11.6 Å². The van der Waals surface area contributed by atoms with Gasteiger partial charge in [0.25, 0.3) is 0 Å². The Morgan fingerprint density at radius 1 is 0.720 bits per heavy atom. The van der Waals surface area contributed by atoms with Gasteiger partial charge < -0.3 is 0 Å². The minimum atomic E-state index is -4.84. The highest BCUT2D eigenvalue weighted by Crippen LogP contribution is 2.65. The molecule has 0 radical (unpaired) electrons. The average Bonchev–Trinajstić information content (AvgIpc) is 2.49. The van der Waals surface area contributed by atoms with Crippen LogP contribution in [0.15, 0.2) is 18.2 Å². The van der Waals surface area contributed by atoms with Gasteiger partial charge in [0.2, 0.25) is 0 Å². The molecule has 0 saturated heterocycles. The average molecular weight is 383 g/mol. The predicted octanol–water partition coefficient (Wildman–Crippen LogP) is 6.61. The van der Waals surface area contributed by atoms with E-state index >= 15 is 0 Å². The summed E-state index contributed by atoms with van der Waals surface area (Å²) in [5.74, 6) is 0.939.